The molecule has 0 bridgehead atoms. The molecule has 20 heavy (non-hydrogen) atoms. The Hall–Kier alpha value is -1.85. The Morgan fingerprint density at radius 2 is 1.80 bits per heavy atom. The van der Waals surface area contributed by atoms with Crippen LogP contribution >= 0.6 is 0 Å². The summed E-state index contributed by atoms with van der Waals surface area (Å²) in [5.74, 6) is -1.98. The number of hydrogen-bond donors (Lipinski definition) is 0. The maximum Gasteiger partial charge on any atom is 0.344 e. The molecule has 0 atom stereocenters. The van der Waals surface area contributed by atoms with Crippen molar-refractivity contribution in [2.75, 3.05) is 13.2 Å². The molecule has 0 aromatic carbocycles. The van der Waals surface area contributed by atoms with Gasteiger partial charge in [0.2, 0.25) is 0 Å². The summed E-state index contributed by atoms with van der Waals surface area (Å²) < 4.78 is 14.4. The summed E-state index contributed by atoms with van der Waals surface area (Å²) >= 11 is 0. The Morgan fingerprint density at radius 1 is 1.15 bits per heavy atom. The Bertz CT molecular complexity index is 370. The van der Waals surface area contributed by atoms with Crippen LogP contribution in [0, 0.1) is 0 Å². The van der Waals surface area contributed by atoms with E-state index in [2.05, 4.69) is 0 Å². The van der Waals surface area contributed by atoms with Crippen molar-refractivity contribution in [2.45, 2.75) is 46.6 Å². The minimum Gasteiger partial charge on any atom is -0.463 e. The topological polar surface area (TPSA) is 78.9 Å². The van der Waals surface area contributed by atoms with Crippen LogP contribution in [0.5, 0.6) is 0 Å². The average Bonchev–Trinajstić information content (AvgIpc) is 2.35. The highest BCUT2D eigenvalue weighted by atomic mass is 16.6. The van der Waals surface area contributed by atoms with Gasteiger partial charge in [0, 0.05) is 11.6 Å². The quantitative estimate of drug-likeness (QED) is 0.293. The number of rotatable bonds is 8. The van der Waals surface area contributed by atoms with E-state index in [1.807, 2.05) is 6.92 Å². The van der Waals surface area contributed by atoms with Crippen molar-refractivity contribution < 1.29 is 28.6 Å². The maximum absolute atomic E-state index is 11.5. The summed E-state index contributed by atoms with van der Waals surface area (Å²) in [5, 5.41) is 0. The van der Waals surface area contributed by atoms with Gasteiger partial charge in [-0.25, -0.2) is 14.4 Å². The number of unbranched alkanes of at least 4 members (excludes halogenated alkanes) is 1. The molecule has 0 saturated carbocycles. The summed E-state index contributed by atoms with van der Waals surface area (Å²) in [4.78, 5) is 34.0. The van der Waals surface area contributed by atoms with E-state index in [1.165, 1.54) is 6.92 Å². The van der Waals surface area contributed by atoms with Crippen molar-refractivity contribution in [3.8, 4) is 0 Å². The Labute approximate surface area is 119 Å². The predicted octanol–water partition coefficient (Wildman–Crippen LogP) is 1.77. The largest absolute Gasteiger partial charge is 0.463 e. The normalized spacial score (nSPS) is 11.2. The van der Waals surface area contributed by atoms with E-state index in [9.17, 15) is 14.4 Å². The molecular formula is C14H22O6. The van der Waals surface area contributed by atoms with Gasteiger partial charge in [-0.1, -0.05) is 13.3 Å². The second-order valence-electron chi connectivity index (χ2n) is 4.46. The van der Waals surface area contributed by atoms with Crippen LogP contribution in [-0.2, 0) is 28.6 Å². The van der Waals surface area contributed by atoms with E-state index >= 15 is 0 Å². The van der Waals surface area contributed by atoms with Crippen molar-refractivity contribution in [1.29, 1.82) is 0 Å². The predicted molar refractivity (Wildman–Crippen MR) is 71.8 cm³/mol. The molecule has 0 N–H and O–H groups in total. The van der Waals surface area contributed by atoms with Gasteiger partial charge >= 0.3 is 17.9 Å². The Kier molecular flexibility index (Phi) is 9.07. The third-order valence-corrected chi connectivity index (χ3v) is 2.09. The fraction of sp³-hybridized carbons (Fsp3) is 0.643. The number of ether oxygens (including phenoxy) is 3. The highest BCUT2D eigenvalue weighted by Gasteiger charge is 2.12. The van der Waals surface area contributed by atoms with E-state index in [4.69, 9.17) is 14.2 Å². The first-order valence-corrected chi connectivity index (χ1v) is 6.58. The second-order valence-corrected chi connectivity index (χ2v) is 4.46. The third-order valence-electron chi connectivity index (χ3n) is 2.09. The average molecular weight is 286 g/mol. The number of esters is 3. The first-order chi connectivity index (χ1) is 9.36. The molecule has 0 aliphatic rings. The highest BCUT2D eigenvalue weighted by Crippen LogP contribution is 2.00. The fourth-order valence-corrected chi connectivity index (χ4v) is 1.13. The smallest absolute Gasteiger partial charge is 0.344 e. The van der Waals surface area contributed by atoms with E-state index in [-0.39, 0.29) is 11.7 Å². The standard InChI is InChI=1S/C14H22O6/c1-5-6-7-18-12(15)8-11(4)14(17)19-9-13(16)20-10(2)3/h8,10H,5-7,9H2,1-4H3/b11-8-. The summed E-state index contributed by atoms with van der Waals surface area (Å²) in [7, 11) is 0. The van der Waals surface area contributed by atoms with E-state index in [1.54, 1.807) is 13.8 Å². The van der Waals surface area contributed by atoms with E-state index < -0.39 is 24.5 Å². The van der Waals surface area contributed by atoms with Gasteiger partial charge in [0.25, 0.3) is 0 Å². The molecule has 0 aromatic rings. The summed E-state index contributed by atoms with van der Waals surface area (Å²) in [6, 6.07) is 0. The Morgan fingerprint density at radius 3 is 2.35 bits per heavy atom. The van der Waals surface area contributed by atoms with Gasteiger partial charge in [-0.05, 0) is 27.2 Å². The maximum atomic E-state index is 11.5. The molecular weight excluding hydrogens is 264 g/mol. The minimum atomic E-state index is -0.752. The molecule has 0 aromatic heterocycles. The molecule has 0 spiro atoms. The van der Waals surface area contributed by atoms with Gasteiger partial charge in [-0.3, -0.25) is 0 Å². The van der Waals surface area contributed by atoms with Crippen LogP contribution in [0.4, 0.5) is 0 Å². The zero-order valence-corrected chi connectivity index (χ0v) is 12.4. The van der Waals surface area contributed by atoms with Gasteiger partial charge in [0.15, 0.2) is 6.61 Å². The van der Waals surface area contributed by atoms with Crippen LogP contribution in [0.2, 0.25) is 0 Å². The van der Waals surface area contributed by atoms with Crippen molar-refractivity contribution in [1.82, 2.24) is 0 Å². The fourth-order valence-electron chi connectivity index (χ4n) is 1.13. The lowest BCUT2D eigenvalue weighted by molar-refractivity contribution is -0.159. The molecule has 0 unspecified atom stereocenters. The van der Waals surface area contributed by atoms with E-state index in [0.29, 0.717) is 6.61 Å². The molecule has 0 aliphatic carbocycles. The summed E-state index contributed by atoms with van der Waals surface area (Å²) in [5.41, 5.74) is 0.0730. The van der Waals surface area contributed by atoms with Gasteiger partial charge < -0.3 is 14.2 Å². The number of carbonyl (C=O) groups is 3. The first kappa shape index (κ1) is 18.1. The molecule has 0 fully saturated rings. The lowest BCUT2D eigenvalue weighted by Gasteiger charge is -2.08. The number of carbonyl (C=O) groups excluding carboxylic acids is 3. The molecule has 6 nitrogen and oxygen atoms in total. The van der Waals surface area contributed by atoms with Crippen molar-refractivity contribution in [3.05, 3.63) is 11.6 Å². The lowest BCUT2D eigenvalue weighted by Crippen LogP contribution is -2.20. The van der Waals surface area contributed by atoms with Gasteiger partial charge in [0.05, 0.1) is 12.7 Å². The third kappa shape index (κ3) is 9.13. The lowest BCUT2D eigenvalue weighted by atomic mass is 10.3. The van der Waals surface area contributed by atoms with Crippen molar-refractivity contribution in [3.63, 3.8) is 0 Å². The van der Waals surface area contributed by atoms with Crippen molar-refractivity contribution in [2.24, 2.45) is 0 Å². The highest BCUT2D eigenvalue weighted by molar-refractivity contribution is 5.96. The second kappa shape index (κ2) is 10.00. The van der Waals surface area contributed by atoms with Gasteiger partial charge in [-0.15, -0.1) is 0 Å². The molecule has 0 saturated heterocycles. The van der Waals surface area contributed by atoms with Crippen LogP contribution in [0.25, 0.3) is 0 Å². The molecule has 0 amide bonds. The molecule has 0 aliphatic heterocycles. The first-order valence-electron chi connectivity index (χ1n) is 6.58. The van der Waals surface area contributed by atoms with Crippen LogP contribution in [0.1, 0.15) is 40.5 Å². The summed E-state index contributed by atoms with van der Waals surface area (Å²) in [6.45, 7) is 6.61. The minimum absolute atomic E-state index is 0.0730. The molecule has 0 rings (SSSR count). The monoisotopic (exact) mass is 286 g/mol. The zero-order chi connectivity index (χ0) is 15.5. The van der Waals surface area contributed by atoms with Crippen LogP contribution < -0.4 is 0 Å². The number of hydrogen-bond acceptors (Lipinski definition) is 6. The SMILES string of the molecule is CCCCOC(=O)/C=C(/C)C(=O)OCC(=O)OC(C)C. The van der Waals surface area contributed by atoms with E-state index in [0.717, 1.165) is 18.9 Å². The van der Waals surface area contributed by atoms with Crippen molar-refractivity contribution >= 4 is 17.9 Å². The molecule has 114 valence electrons. The molecule has 0 heterocycles. The van der Waals surface area contributed by atoms with Crippen LogP contribution in [0.15, 0.2) is 11.6 Å². The molecule has 0 radical (unpaired) electrons. The zero-order valence-electron chi connectivity index (χ0n) is 12.4. The summed E-state index contributed by atoms with van der Waals surface area (Å²) in [6.07, 6.45) is 2.46. The van der Waals surface area contributed by atoms with Crippen LogP contribution in [-0.4, -0.2) is 37.2 Å². The van der Waals surface area contributed by atoms with Gasteiger partial charge in [0.1, 0.15) is 0 Å². The van der Waals surface area contributed by atoms with Crippen LogP contribution in [0.3, 0.4) is 0 Å². The molecule has 6 heteroatoms. The Balaban J connectivity index is 4.13. The van der Waals surface area contributed by atoms with Gasteiger partial charge in [-0.2, -0.15) is 0 Å².